The Kier molecular flexibility index (Phi) is 4.92. The fourth-order valence-corrected chi connectivity index (χ4v) is 1.97. The van der Waals surface area contributed by atoms with Gasteiger partial charge in [-0.15, -0.1) is 0 Å². The number of anilines is 2. The molecule has 2 aromatic heterocycles. The minimum atomic E-state index is 0.772. The van der Waals surface area contributed by atoms with Gasteiger partial charge in [0.1, 0.15) is 17.5 Å². The second-order valence-corrected chi connectivity index (χ2v) is 4.74. The zero-order valence-corrected chi connectivity index (χ0v) is 12.3. The van der Waals surface area contributed by atoms with E-state index >= 15 is 0 Å². The van der Waals surface area contributed by atoms with Crippen LogP contribution in [-0.2, 0) is 13.5 Å². The van der Waals surface area contributed by atoms with E-state index in [9.17, 15) is 0 Å². The SMILES string of the molecule is CCCNc1cc(NCCc2ccnn2C)nc(C)n1. The summed E-state index contributed by atoms with van der Waals surface area (Å²) in [6, 6.07) is 3.98. The highest BCUT2D eigenvalue weighted by atomic mass is 15.3. The molecule has 2 N–H and O–H groups in total. The highest BCUT2D eigenvalue weighted by Crippen LogP contribution is 2.11. The zero-order valence-electron chi connectivity index (χ0n) is 12.3. The Hall–Kier alpha value is -2.11. The van der Waals surface area contributed by atoms with Gasteiger partial charge in [-0.25, -0.2) is 9.97 Å². The standard InChI is InChI=1S/C14H22N6/c1-4-7-15-13-10-14(19-11(2)18-13)16-8-5-12-6-9-17-20(12)3/h6,9-10H,4-5,7-8H2,1-3H3,(H2,15,16,18,19). The number of hydrogen-bond donors (Lipinski definition) is 2. The van der Waals surface area contributed by atoms with Crippen molar-refractivity contribution in [3.8, 4) is 0 Å². The molecule has 0 bridgehead atoms. The highest BCUT2D eigenvalue weighted by molar-refractivity contribution is 5.47. The van der Waals surface area contributed by atoms with Crippen molar-refractivity contribution < 1.29 is 0 Å². The van der Waals surface area contributed by atoms with E-state index in [1.165, 1.54) is 5.69 Å². The van der Waals surface area contributed by atoms with Crippen LogP contribution < -0.4 is 10.6 Å². The van der Waals surface area contributed by atoms with E-state index in [1.54, 1.807) is 0 Å². The summed E-state index contributed by atoms with van der Waals surface area (Å²) in [7, 11) is 1.96. The third-order valence-electron chi connectivity index (χ3n) is 3.00. The van der Waals surface area contributed by atoms with E-state index < -0.39 is 0 Å². The summed E-state index contributed by atoms with van der Waals surface area (Å²) in [4.78, 5) is 8.77. The van der Waals surface area contributed by atoms with Crippen LogP contribution in [0, 0.1) is 6.92 Å². The topological polar surface area (TPSA) is 67.7 Å². The Labute approximate surface area is 119 Å². The van der Waals surface area contributed by atoms with E-state index in [-0.39, 0.29) is 0 Å². The number of aryl methyl sites for hydroxylation is 2. The number of rotatable bonds is 7. The first-order valence-electron chi connectivity index (χ1n) is 6.99. The Morgan fingerprint density at radius 3 is 2.45 bits per heavy atom. The molecule has 0 spiro atoms. The summed E-state index contributed by atoms with van der Waals surface area (Å²) in [5, 5.41) is 10.8. The molecule has 2 rings (SSSR count). The number of nitrogens with one attached hydrogen (secondary N) is 2. The molecular formula is C14H22N6. The average molecular weight is 274 g/mol. The maximum atomic E-state index is 4.40. The first-order chi connectivity index (χ1) is 9.69. The maximum Gasteiger partial charge on any atom is 0.131 e. The van der Waals surface area contributed by atoms with Gasteiger partial charge in [0.05, 0.1) is 0 Å². The number of aromatic nitrogens is 4. The summed E-state index contributed by atoms with van der Waals surface area (Å²) in [5.74, 6) is 2.51. The molecule has 0 saturated carbocycles. The van der Waals surface area contributed by atoms with Crippen molar-refractivity contribution in [3.05, 3.63) is 29.8 Å². The van der Waals surface area contributed by atoms with Gasteiger partial charge >= 0.3 is 0 Å². The van der Waals surface area contributed by atoms with Gasteiger partial charge in [-0.05, 0) is 19.4 Å². The molecule has 6 heteroatoms. The van der Waals surface area contributed by atoms with Crippen LogP contribution in [-0.4, -0.2) is 32.8 Å². The van der Waals surface area contributed by atoms with Gasteiger partial charge in [0.2, 0.25) is 0 Å². The second kappa shape index (κ2) is 6.88. The Morgan fingerprint density at radius 1 is 1.15 bits per heavy atom. The summed E-state index contributed by atoms with van der Waals surface area (Å²) >= 11 is 0. The van der Waals surface area contributed by atoms with E-state index in [2.05, 4.69) is 32.6 Å². The smallest absolute Gasteiger partial charge is 0.131 e. The highest BCUT2D eigenvalue weighted by Gasteiger charge is 2.02. The Bertz CT molecular complexity index is 548. The van der Waals surface area contributed by atoms with Crippen LogP contribution in [0.15, 0.2) is 18.3 Å². The van der Waals surface area contributed by atoms with Gasteiger partial charge in [-0.3, -0.25) is 4.68 Å². The van der Waals surface area contributed by atoms with Crippen LogP contribution in [0.5, 0.6) is 0 Å². The van der Waals surface area contributed by atoms with Gasteiger partial charge in [0.25, 0.3) is 0 Å². The first kappa shape index (κ1) is 14.3. The predicted molar refractivity (Wildman–Crippen MR) is 81.0 cm³/mol. The van der Waals surface area contributed by atoms with E-state index in [4.69, 9.17) is 0 Å². The van der Waals surface area contributed by atoms with Gasteiger partial charge < -0.3 is 10.6 Å². The molecule has 6 nitrogen and oxygen atoms in total. The van der Waals surface area contributed by atoms with Crippen LogP contribution in [0.2, 0.25) is 0 Å². The van der Waals surface area contributed by atoms with E-state index in [0.29, 0.717) is 0 Å². The second-order valence-electron chi connectivity index (χ2n) is 4.74. The number of nitrogens with zero attached hydrogens (tertiary/aromatic N) is 4. The monoisotopic (exact) mass is 274 g/mol. The van der Waals surface area contributed by atoms with Gasteiger partial charge in [-0.1, -0.05) is 6.92 Å². The third-order valence-corrected chi connectivity index (χ3v) is 3.00. The molecule has 0 aliphatic rings. The minimum absolute atomic E-state index is 0.772. The largest absolute Gasteiger partial charge is 0.370 e. The van der Waals surface area contributed by atoms with Crippen LogP contribution in [0.25, 0.3) is 0 Å². The van der Waals surface area contributed by atoms with Crippen molar-refractivity contribution in [1.29, 1.82) is 0 Å². The van der Waals surface area contributed by atoms with Crippen molar-refractivity contribution in [2.24, 2.45) is 7.05 Å². The summed E-state index contributed by atoms with van der Waals surface area (Å²) < 4.78 is 1.89. The van der Waals surface area contributed by atoms with Gasteiger partial charge in [0, 0.05) is 44.5 Å². The van der Waals surface area contributed by atoms with Gasteiger partial charge in [0.15, 0.2) is 0 Å². The number of hydrogen-bond acceptors (Lipinski definition) is 5. The lowest BCUT2D eigenvalue weighted by atomic mass is 10.3. The molecular weight excluding hydrogens is 252 g/mol. The van der Waals surface area contributed by atoms with E-state index in [0.717, 1.165) is 43.4 Å². The molecule has 0 atom stereocenters. The molecule has 0 saturated heterocycles. The van der Waals surface area contributed by atoms with Crippen LogP contribution in [0.3, 0.4) is 0 Å². The average Bonchev–Trinajstić information content (AvgIpc) is 2.82. The molecule has 2 aromatic rings. The molecule has 0 aliphatic carbocycles. The van der Waals surface area contributed by atoms with Crippen molar-refractivity contribution in [3.63, 3.8) is 0 Å². The van der Waals surface area contributed by atoms with Crippen molar-refractivity contribution >= 4 is 11.6 Å². The molecule has 0 amide bonds. The molecule has 0 aromatic carbocycles. The molecule has 2 heterocycles. The first-order valence-corrected chi connectivity index (χ1v) is 6.99. The van der Waals surface area contributed by atoms with E-state index in [1.807, 2.05) is 37.0 Å². The molecule has 108 valence electrons. The van der Waals surface area contributed by atoms with Crippen molar-refractivity contribution in [1.82, 2.24) is 19.7 Å². The minimum Gasteiger partial charge on any atom is -0.370 e. The summed E-state index contributed by atoms with van der Waals surface area (Å²) in [6.07, 6.45) is 3.81. The van der Waals surface area contributed by atoms with Crippen LogP contribution in [0.4, 0.5) is 11.6 Å². The Balaban J connectivity index is 1.91. The lowest BCUT2D eigenvalue weighted by Gasteiger charge is -2.09. The van der Waals surface area contributed by atoms with Crippen molar-refractivity contribution in [2.45, 2.75) is 26.7 Å². The molecule has 0 unspecified atom stereocenters. The molecule has 0 fully saturated rings. The predicted octanol–water partition coefficient (Wildman–Crippen LogP) is 2.00. The fraction of sp³-hybridized carbons (Fsp3) is 0.500. The quantitative estimate of drug-likeness (QED) is 0.808. The van der Waals surface area contributed by atoms with Crippen molar-refractivity contribution in [2.75, 3.05) is 23.7 Å². The van der Waals surface area contributed by atoms with Gasteiger partial charge in [-0.2, -0.15) is 5.10 Å². The lowest BCUT2D eigenvalue weighted by Crippen LogP contribution is -2.11. The third kappa shape index (κ3) is 3.94. The molecule has 20 heavy (non-hydrogen) atoms. The molecule has 0 radical (unpaired) electrons. The Morgan fingerprint density at radius 2 is 1.85 bits per heavy atom. The van der Waals surface area contributed by atoms with Crippen LogP contribution in [0.1, 0.15) is 24.9 Å². The lowest BCUT2D eigenvalue weighted by molar-refractivity contribution is 0.711. The summed E-state index contributed by atoms with van der Waals surface area (Å²) in [6.45, 7) is 5.78. The van der Waals surface area contributed by atoms with Crippen LogP contribution >= 0.6 is 0 Å². The maximum absolute atomic E-state index is 4.40. The fourth-order valence-electron chi connectivity index (χ4n) is 1.97. The summed E-state index contributed by atoms with van der Waals surface area (Å²) in [5.41, 5.74) is 1.20. The normalized spacial score (nSPS) is 10.6. The molecule has 0 aliphatic heterocycles. The zero-order chi connectivity index (χ0) is 14.4.